The van der Waals surface area contributed by atoms with Gasteiger partial charge in [-0.3, -0.25) is 4.79 Å². The molecule has 1 atom stereocenters. The number of amides is 1. The van der Waals surface area contributed by atoms with Crippen molar-refractivity contribution >= 4 is 5.91 Å². The topological polar surface area (TPSA) is 81.6 Å². The first-order valence-electron chi connectivity index (χ1n) is 9.08. The number of furan rings is 1. The molecular weight excluding hydrogens is 346 g/mol. The van der Waals surface area contributed by atoms with Crippen LogP contribution in [0, 0.1) is 0 Å². The second-order valence-electron chi connectivity index (χ2n) is 6.60. The van der Waals surface area contributed by atoms with Crippen molar-refractivity contribution in [2.75, 3.05) is 13.1 Å². The fourth-order valence-electron chi connectivity index (χ4n) is 3.26. The summed E-state index contributed by atoms with van der Waals surface area (Å²) in [6, 6.07) is 13.0. The van der Waals surface area contributed by atoms with Gasteiger partial charge in [0.05, 0.1) is 6.26 Å². The molecule has 1 aliphatic rings. The molecule has 7 nitrogen and oxygen atoms in total. The van der Waals surface area contributed by atoms with Crippen LogP contribution in [0.2, 0.25) is 0 Å². The Morgan fingerprint density at radius 2 is 1.93 bits per heavy atom. The third kappa shape index (κ3) is 3.86. The predicted molar refractivity (Wildman–Crippen MR) is 97.1 cm³/mol. The van der Waals surface area contributed by atoms with Crippen LogP contribution in [0.25, 0.3) is 11.7 Å². The van der Waals surface area contributed by atoms with Gasteiger partial charge in [0.25, 0.3) is 11.8 Å². The molecule has 0 saturated carbocycles. The molecule has 1 aromatic carbocycles. The van der Waals surface area contributed by atoms with E-state index in [2.05, 4.69) is 10.2 Å². The van der Waals surface area contributed by atoms with Crippen molar-refractivity contribution in [3.05, 3.63) is 54.6 Å². The molecular formula is C20H21N3O4. The van der Waals surface area contributed by atoms with Gasteiger partial charge in [-0.2, -0.15) is 0 Å². The van der Waals surface area contributed by atoms with Crippen molar-refractivity contribution in [2.45, 2.75) is 31.8 Å². The summed E-state index contributed by atoms with van der Waals surface area (Å²) >= 11 is 0. The number of carbonyl (C=O) groups excluding carboxylic acids is 1. The molecule has 1 saturated heterocycles. The Labute approximate surface area is 156 Å². The van der Waals surface area contributed by atoms with Gasteiger partial charge in [0, 0.05) is 19.0 Å². The summed E-state index contributed by atoms with van der Waals surface area (Å²) in [5, 5.41) is 8.20. The zero-order valence-corrected chi connectivity index (χ0v) is 15.1. The molecule has 1 unspecified atom stereocenters. The summed E-state index contributed by atoms with van der Waals surface area (Å²) in [4.78, 5) is 14.5. The lowest BCUT2D eigenvalue weighted by molar-refractivity contribution is -0.139. The summed E-state index contributed by atoms with van der Waals surface area (Å²) in [5.41, 5.74) is 0. The van der Waals surface area contributed by atoms with Crippen molar-refractivity contribution in [3.63, 3.8) is 0 Å². The van der Waals surface area contributed by atoms with E-state index in [0.29, 0.717) is 36.4 Å². The SMILES string of the molecule is CC(Oc1ccccc1)C(=O)N1CCC(c2nnc(-c3ccco3)o2)CC1. The lowest BCUT2D eigenvalue weighted by atomic mass is 9.96. The van der Waals surface area contributed by atoms with Crippen molar-refractivity contribution < 1.29 is 18.4 Å². The molecule has 27 heavy (non-hydrogen) atoms. The highest BCUT2D eigenvalue weighted by Crippen LogP contribution is 2.29. The van der Waals surface area contributed by atoms with Gasteiger partial charge in [0.1, 0.15) is 5.75 Å². The van der Waals surface area contributed by atoms with Crippen LogP contribution < -0.4 is 4.74 Å². The van der Waals surface area contributed by atoms with Crippen molar-refractivity contribution in [3.8, 4) is 17.4 Å². The molecule has 3 heterocycles. The lowest BCUT2D eigenvalue weighted by Crippen LogP contribution is -2.44. The standard InChI is InChI=1S/C20H21N3O4/c1-14(26-16-6-3-2-4-7-16)20(24)23-11-9-15(10-12-23)18-21-22-19(27-18)17-8-5-13-25-17/h2-8,13-15H,9-12H2,1H3. The van der Waals surface area contributed by atoms with E-state index >= 15 is 0 Å². The van der Waals surface area contributed by atoms with Crippen LogP contribution in [0.5, 0.6) is 5.75 Å². The number of ether oxygens (including phenoxy) is 1. The Morgan fingerprint density at radius 3 is 2.63 bits per heavy atom. The number of piperidine rings is 1. The number of hydrogen-bond acceptors (Lipinski definition) is 6. The summed E-state index contributed by atoms with van der Waals surface area (Å²) in [7, 11) is 0. The van der Waals surface area contributed by atoms with Gasteiger partial charge in [0.2, 0.25) is 5.89 Å². The van der Waals surface area contributed by atoms with Gasteiger partial charge in [0.15, 0.2) is 11.9 Å². The maximum absolute atomic E-state index is 12.6. The monoisotopic (exact) mass is 367 g/mol. The molecule has 1 fully saturated rings. The highest BCUT2D eigenvalue weighted by molar-refractivity contribution is 5.81. The van der Waals surface area contributed by atoms with E-state index in [1.165, 1.54) is 0 Å². The molecule has 0 N–H and O–H groups in total. The summed E-state index contributed by atoms with van der Waals surface area (Å²) in [6.45, 7) is 3.07. The fourth-order valence-corrected chi connectivity index (χ4v) is 3.26. The summed E-state index contributed by atoms with van der Waals surface area (Å²) in [6.07, 6.45) is 2.62. The van der Waals surface area contributed by atoms with E-state index in [4.69, 9.17) is 13.6 Å². The van der Waals surface area contributed by atoms with Gasteiger partial charge >= 0.3 is 0 Å². The minimum Gasteiger partial charge on any atom is -0.481 e. The highest BCUT2D eigenvalue weighted by Gasteiger charge is 2.30. The second-order valence-corrected chi connectivity index (χ2v) is 6.60. The first-order valence-corrected chi connectivity index (χ1v) is 9.08. The van der Waals surface area contributed by atoms with E-state index in [1.54, 1.807) is 25.3 Å². The van der Waals surface area contributed by atoms with Gasteiger partial charge in [-0.1, -0.05) is 18.2 Å². The Balaban J connectivity index is 1.32. The number of hydrogen-bond donors (Lipinski definition) is 0. The minimum atomic E-state index is -0.516. The van der Waals surface area contributed by atoms with E-state index in [1.807, 2.05) is 35.2 Å². The maximum atomic E-state index is 12.6. The first-order chi connectivity index (χ1) is 13.2. The van der Waals surface area contributed by atoms with Crippen LogP contribution in [-0.4, -0.2) is 40.2 Å². The van der Waals surface area contributed by atoms with Gasteiger partial charge in [-0.15, -0.1) is 10.2 Å². The number of rotatable bonds is 5. The minimum absolute atomic E-state index is 0.000827. The van der Waals surface area contributed by atoms with E-state index in [9.17, 15) is 4.79 Å². The second kappa shape index (κ2) is 7.65. The van der Waals surface area contributed by atoms with Gasteiger partial charge in [-0.25, -0.2) is 0 Å². The largest absolute Gasteiger partial charge is 0.481 e. The number of carbonyl (C=O) groups is 1. The third-order valence-corrected chi connectivity index (χ3v) is 4.73. The summed E-state index contributed by atoms with van der Waals surface area (Å²) < 4.78 is 16.8. The van der Waals surface area contributed by atoms with Crippen LogP contribution in [-0.2, 0) is 4.79 Å². The van der Waals surface area contributed by atoms with Crippen LogP contribution in [0.3, 0.4) is 0 Å². The van der Waals surface area contributed by atoms with E-state index in [-0.39, 0.29) is 11.8 Å². The molecule has 1 aliphatic heterocycles. The Bertz CT molecular complexity index is 868. The molecule has 4 rings (SSSR count). The number of likely N-dealkylation sites (tertiary alicyclic amines) is 1. The molecule has 7 heteroatoms. The molecule has 0 bridgehead atoms. The van der Waals surface area contributed by atoms with E-state index in [0.717, 1.165) is 12.8 Å². The molecule has 140 valence electrons. The lowest BCUT2D eigenvalue weighted by Gasteiger charge is -2.32. The predicted octanol–water partition coefficient (Wildman–Crippen LogP) is 3.50. The molecule has 1 amide bonds. The summed E-state index contributed by atoms with van der Waals surface area (Å²) in [5.74, 6) is 2.40. The van der Waals surface area contributed by atoms with Crippen molar-refractivity contribution in [2.24, 2.45) is 0 Å². The Kier molecular flexibility index (Phi) is 4.91. The smallest absolute Gasteiger partial charge is 0.283 e. The molecule has 0 spiro atoms. The van der Waals surface area contributed by atoms with Gasteiger partial charge < -0.3 is 18.5 Å². The van der Waals surface area contributed by atoms with E-state index < -0.39 is 6.10 Å². The molecule has 0 aliphatic carbocycles. The number of aromatic nitrogens is 2. The quantitative estimate of drug-likeness (QED) is 0.686. The number of para-hydroxylation sites is 1. The number of nitrogens with zero attached hydrogens (tertiary/aromatic N) is 3. The third-order valence-electron chi connectivity index (χ3n) is 4.73. The zero-order valence-electron chi connectivity index (χ0n) is 15.1. The van der Waals surface area contributed by atoms with Crippen molar-refractivity contribution in [1.29, 1.82) is 0 Å². The molecule has 0 radical (unpaired) electrons. The highest BCUT2D eigenvalue weighted by atomic mass is 16.5. The first kappa shape index (κ1) is 17.3. The van der Waals surface area contributed by atoms with Crippen LogP contribution >= 0.6 is 0 Å². The van der Waals surface area contributed by atoms with Crippen LogP contribution in [0.15, 0.2) is 57.6 Å². The average Bonchev–Trinajstić information content (AvgIpc) is 3.40. The average molecular weight is 367 g/mol. The molecule has 2 aromatic heterocycles. The van der Waals surface area contributed by atoms with Crippen LogP contribution in [0.1, 0.15) is 31.6 Å². The fraction of sp³-hybridized carbons (Fsp3) is 0.350. The normalized spacial score (nSPS) is 16.3. The maximum Gasteiger partial charge on any atom is 0.283 e. The Hall–Kier alpha value is -3.09. The Morgan fingerprint density at radius 1 is 1.15 bits per heavy atom. The van der Waals surface area contributed by atoms with Gasteiger partial charge in [-0.05, 0) is 44.0 Å². The molecule has 3 aromatic rings. The van der Waals surface area contributed by atoms with Crippen LogP contribution in [0.4, 0.5) is 0 Å². The van der Waals surface area contributed by atoms with Crippen molar-refractivity contribution in [1.82, 2.24) is 15.1 Å². The number of benzene rings is 1. The zero-order chi connectivity index (χ0) is 18.6.